The van der Waals surface area contributed by atoms with Gasteiger partial charge in [-0.25, -0.2) is 0 Å². The van der Waals surface area contributed by atoms with Crippen LogP contribution in [0.1, 0.15) is 39.3 Å². The molecule has 104 valence electrons. The molecule has 1 atom stereocenters. The second-order valence-corrected chi connectivity index (χ2v) is 5.13. The van der Waals surface area contributed by atoms with Crippen LogP contribution in [0.2, 0.25) is 0 Å². The first-order valence-corrected chi connectivity index (χ1v) is 7.33. The molecule has 1 aromatic heterocycles. The fraction of sp³-hybridized carbons (Fsp3) is 0.562. The van der Waals surface area contributed by atoms with Gasteiger partial charge in [-0.15, -0.1) is 0 Å². The zero-order chi connectivity index (χ0) is 13.8. The van der Waals surface area contributed by atoms with E-state index in [0.29, 0.717) is 12.3 Å². The second kappa shape index (κ2) is 6.20. The average molecular weight is 260 g/mol. The third-order valence-electron chi connectivity index (χ3n) is 4.03. The van der Waals surface area contributed by atoms with Crippen LogP contribution in [0.25, 0.3) is 10.9 Å². The first-order valence-electron chi connectivity index (χ1n) is 7.33. The van der Waals surface area contributed by atoms with E-state index in [0.717, 1.165) is 30.6 Å². The Morgan fingerprint density at radius 1 is 1.16 bits per heavy atom. The largest absolute Gasteiger partial charge is 0.392 e. The van der Waals surface area contributed by atoms with Gasteiger partial charge in [0, 0.05) is 18.4 Å². The summed E-state index contributed by atoms with van der Waals surface area (Å²) in [4.78, 5) is 0. The minimum absolute atomic E-state index is 0.293. The second-order valence-electron chi connectivity index (χ2n) is 5.13. The summed E-state index contributed by atoms with van der Waals surface area (Å²) in [6, 6.07) is 8.27. The Morgan fingerprint density at radius 2 is 1.84 bits per heavy atom. The molecule has 0 fully saturated rings. The highest BCUT2D eigenvalue weighted by Crippen LogP contribution is 2.23. The number of rotatable bonds is 6. The predicted molar refractivity (Wildman–Crippen MR) is 79.2 cm³/mol. The van der Waals surface area contributed by atoms with Crippen LogP contribution in [0, 0.1) is 5.92 Å². The molecule has 2 rings (SSSR count). The fourth-order valence-electron chi connectivity index (χ4n) is 2.79. The summed E-state index contributed by atoms with van der Waals surface area (Å²) in [6.45, 7) is 7.24. The zero-order valence-corrected chi connectivity index (χ0v) is 12.1. The summed E-state index contributed by atoms with van der Waals surface area (Å²) in [5.74, 6) is 0.366. The maximum absolute atomic E-state index is 10.4. The van der Waals surface area contributed by atoms with Crippen molar-refractivity contribution in [2.24, 2.45) is 5.92 Å². The lowest BCUT2D eigenvalue weighted by Gasteiger charge is -2.19. The molecule has 0 saturated carbocycles. The molecule has 0 spiro atoms. The molecule has 0 aliphatic carbocycles. The van der Waals surface area contributed by atoms with Crippen LogP contribution < -0.4 is 0 Å². The van der Waals surface area contributed by atoms with Crippen LogP contribution in [-0.2, 0) is 13.0 Å². The Hall–Kier alpha value is -1.35. The number of benzene rings is 1. The molecule has 1 aromatic carbocycles. The summed E-state index contributed by atoms with van der Waals surface area (Å²) < 4.78 is 2.02. The lowest BCUT2D eigenvalue weighted by atomic mass is 9.93. The minimum Gasteiger partial charge on any atom is -0.392 e. The number of fused-ring (bicyclic) bond motifs is 1. The number of aliphatic hydroxyl groups excluding tert-OH is 1. The van der Waals surface area contributed by atoms with Crippen molar-refractivity contribution in [1.29, 1.82) is 0 Å². The number of hydrogen-bond donors (Lipinski definition) is 1. The minimum atomic E-state index is -0.293. The van der Waals surface area contributed by atoms with E-state index in [2.05, 4.69) is 38.0 Å². The number of para-hydroxylation sites is 1. The summed E-state index contributed by atoms with van der Waals surface area (Å²) in [6.07, 6.45) is 2.40. The summed E-state index contributed by atoms with van der Waals surface area (Å²) in [7, 11) is 0. The van der Waals surface area contributed by atoms with Gasteiger partial charge in [-0.05, 0) is 18.9 Å². The molecule has 0 bridgehead atoms. The molecular formula is C16H24N2O. The van der Waals surface area contributed by atoms with Crippen LogP contribution >= 0.6 is 0 Å². The van der Waals surface area contributed by atoms with Crippen molar-refractivity contribution in [3.63, 3.8) is 0 Å². The SMILES string of the molecule is CCC(CC)C(O)Cc1nn(CC)c2ccccc12. The highest BCUT2D eigenvalue weighted by molar-refractivity contribution is 5.82. The normalized spacial score (nSPS) is 13.3. The molecule has 1 unspecified atom stereocenters. The van der Waals surface area contributed by atoms with Crippen molar-refractivity contribution < 1.29 is 5.11 Å². The highest BCUT2D eigenvalue weighted by atomic mass is 16.3. The predicted octanol–water partition coefficient (Wildman–Crippen LogP) is 3.40. The maximum Gasteiger partial charge on any atom is 0.0729 e. The van der Waals surface area contributed by atoms with Crippen LogP contribution in [0.15, 0.2) is 24.3 Å². The van der Waals surface area contributed by atoms with Crippen LogP contribution in [-0.4, -0.2) is 21.0 Å². The number of aryl methyl sites for hydroxylation is 1. The van der Waals surface area contributed by atoms with Crippen molar-refractivity contribution in [3.8, 4) is 0 Å². The van der Waals surface area contributed by atoms with E-state index in [1.54, 1.807) is 0 Å². The summed E-state index contributed by atoms with van der Waals surface area (Å²) in [5, 5.41) is 16.2. The van der Waals surface area contributed by atoms with Crippen LogP contribution in [0.3, 0.4) is 0 Å². The molecule has 3 nitrogen and oxygen atoms in total. The van der Waals surface area contributed by atoms with Crippen molar-refractivity contribution in [3.05, 3.63) is 30.0 Å². The number of aliphatic hydroxyl groups is 1. The van der Waals surface area contributed by atoms with Crippen LogP contribution in [0.5, 0.6) is 0 Å². The Kier molecular flexibility index (Phi) is 4.59. The van der Waals surface area contributed by atoms with Gasteiger partial charge in [-0.1, -0.05) is 44.9 Å². The van der Waals surface area contributed by atoms with Gasteiger partial charge in [-0.3, -0.25) is 4.68 Å². The number of hydrogen-bond acceptors (Lipinski definition) is 2. The Bertz CT molecular complexity index is 529. The average Bonchev–Trinajstić information content (AvgIpc) is 2.78. The molecule has 0 aliphatic heterocycles. The van der Waals surface area contributed by atoms with E-state index >= 15 is 0 Å². The van der Waals surface area contributed by atoms with E-state index in [-0.39, 0.29) is 6.10 Å². The van der Waals surface area contributed by atoms with Gasteiger partial charge in [0.25, 0.3) is 0 Å². The van der Waals surface area contributed by atoms with E-state index < -0.39 is 0 Å². The van der Waals surface area contributed by atoms with Gasteiger partial charge < -0.3 is 5.11 Å². The van der Waals surface area contributed by atoms with Crippen molar-refractivity contribution in [2.75, 3.05) is 0 Å². The highest BCUT2D eigenvalue weighted by Gasteiger charge is 2.19. The van der Waals surface area contributed by atoms with Crippen molar-refractivity contribution in [2.45, 2.75) is 52.7 Å². The third kappa shape index (κ3) is 2.81. The third-order valence-corrected chi connectivity index (χ3v) is 4.03. The molecule has 2 aromatic rings. The lowest BCUT2D eigenvalue weighted by Crippen LogP contribution is -2.22. The van der Waals surface area contributed by atoms with Crippen LogP contribution in [0.4, 0.5) is 0 Å². The smallest absolute Gasteiger partial charge is 0.0729 e. The van der Waals surface area contributed by atoms with Gasteiger partial charge in [0.05, 0.1) is 17.3 Å². The first-order chi connectivity index (χ1) is 9.21. The molecular weight excluding hydrogens is 236 g/mol. The number of aromatic nitrogens is 2. The van der Waals surface area contributed by atoms with Gasteiger partial charge in [0.15, 0.2) is 0 Å². The molecule has 3 heteroatoms. The van der Waals surface area contributed by atoms with Gasteiger partial charge in [0.1, 0.15) is 0 Å². The summed E-state index contributed by atoms with van der Waals surface area (Å²) in [5.41, 5.74) is 2.19. The van der Waals surface area contributed by atoms with E-state index in [1.165, 1.54) is 5.39 Å². The first kappa shape index (κ1) is 14.1. The monoisotopic (exact) mass is 260 g/mol. The molecule has 0 amide bonds. The summed E-state index contributed by atoms with van der Waals surface area (Å²) >= 11 is 0. The zero-order valence-electron chi connectivity index (χ0n) is 12.1. The van der Waals surface area contributed by atoms with Gasteiger partial charge in [-0.2, -0.15) is 5.10 Å². The van der Waals surface area contributed by atoms with E-state index in [9.17, 15) is 5.11 Å². The topological polar surface area (TPSA) is 38.1 Å². The standard InChI is InChI=1S/C16H24N2O/c1-4-12(5-2)16(19)11-14-13-9-7-8-10-15(13)18(6-3)17-14/h7-10,12,16,19H,4-6,11H2,1-3H3. The number of nitrogens with zero attached hydrogens (tertiary/aromatic N) is 2. The van der Waals surface area contributed by atoms with Crippen molar-refractivity contribution >= 4 is 10.9 Å². The Morgan fingerprint density at radius 3 is 2.47 bits per heavy atom. The molecule has 0 aliphatic rings. The fourth-order valence-corrected chi connectivity index (χ4v) is 2.79. The van der Waals surface area contributed by atoms with Gasteiger partial charge in [0.2, 0.25) is 0 Å². The lowest BCUT2D eigenvalue weighted by molar-refractivity contribution is 0.102. The Labute approximate surface area is 115 Å². The molecule has 19 heavy (non-hydrogen) atoms. The molecule has 1 N–H and O–H groups in total. The van der Waals surface area contributed by atoms with Crippen molar-refractivity contribution in [1.82, 2.24) is 9.78 Å². The maximum atomic E-state index is 10.4. The molecule has 0 radical (unpaired) electrons. The van der Waals surface area contributed by atoms with E-state index in [1.807, 2.05) is 16.8 Å². The molecule has 1 heterocycles. The quantitative estimate of drug-likeness (QED) is 0.864. The van der Waals surface area contributed by atoms with Gasteiger partial charge >= 0.3 is 0 Å². The Balaban J connectivity index is 2.30. The molecule has 0 saturated heterocycles. The van der Waals surface area contributed by atoms with E-state index in [4.69, 9.17) is 0 Å².